The van der Waals surface area contributed by atoms with Crippen LogP contribution in [0, 0.1) is 11.7 Å². The van der Waals surface area contributed by atoms with Gasteiger partial charge >= 0.3 is 12.0 Å². The summed E-state index contributed by atoms with van der Waals surface area (Å²) in [7, 11) is 2.89. The first-order valence-electron chi connectivity index (χ1n) is 6.84. The highest BCUT2D eigenvalue weighted by molar-refractivity contribution is 5.76. The van der Waals surface area contributed by atoms with Gasteiger partial charge < -0.3 is 20.1 Å². The Morgan fingerprint density at radius 2 is 2.05 bits per heavy atom. The second kappa shape index (κ2) is 7.63. The third-order valence-corrected chi connectivity index (χ3v) is 3.33. The number of carbonyl (C=O) groups is 2. The second-order valence-electron chi connectivity index (χ2n) is 5.18. The lowest BCUT2D eigenvalue weighted by atomic mass is 10.1. The van der Waals surface area contributed by atoms with Gasteiger partial charge in [-0.2, -0.15) is 0 Å². The molecule has 0 saturated carbocycles. The average molecular weight is 312 g/mol. The van der Waals surface area contributed by atoms with E-state index in [1.807, 2.05) is 0 Å². The van der Waals surface area contributed by atoms with Crippen molar-refractivity contribution in [2.24, 2.45) is 5.92 Å². The molecule has 0 heterocycles. The van der Waals surface area contributed by atoms with E-state index in [2.05, 4.69) is 5.32 Å². The number of hydrogen-bond acceptors (Lipinski definition) is 3. The summed E-state index contributed by atoms with van der Waals surface area (Å²) in [6, 6.07) is 3.60. The number of carbonyl (C=O) groups excluding carboxylic acids is 1. The summed E-state index contributed by atoms with van der Waals surface area (Å²) >= 11 is 0. The van der Waals surface area contributed by atoms with E-state index in [0.717, 1.165) is 0 Å². The van der Waals surface area contributed by atoms with Gasteiger partial charge in [-0.05, 0) is 24.6 Å². The number of hydrogen-bond donors (Lipinski definition) is 2. The molecule has 122 valence electrons. The van der Waals surface area contributed by atoms with Crippen LogP contribution in [0.3, 0.4) is 0 Å². The molecule has 2 amide bonds. The standard InChI is InChI=1S/C15H21FN2O4/c1-9(14(19)20)8-18(3)15(21)17-10(2)11-5-6-13(22-4)12(16)7-11/h5-7,9-10H,8H2,1-4H3,(H,17,21)(H,19,20). The molecular weight excluding hydrogens is 291 g/mol. The Morgan fingerprint density at radius 3 is 2.55 bits per heavy atom. The van der Waals surface area contributed by atoms with Gasteiger partial charge in [0.05, 0.1) is 19.1 Å². The minimum atomic E-state index is -0.968. The Kier molecular flexibility index (Phi) is 6.15. The van der Waals surface area contributed by atoms with Crippen molar-refractivity contribution in [2.75, 3.05) is 20.7 Å². The van der Waals surface area contributed by atoms with Crippen LogP contribution in [-0.2, 0) is 4.79 Å². The van der Waals surface area contributed by atoms with E-state index in [-0.39, 0.29) is 12.3 Å². The van der Waals surface area contributed by atoms with Gasteiger partial charge in [0, 0.05) is 13.6 Å². The first-order chi connectivity index (χ1) is 10.3. The van der Waals surface area contributed by atoms with E-state index in [9.17, 15) is 14.0 Å². The van der Waals surface area contributed by atoms with E-state index in [1.54, 1.807) is 13.0 Å². The van der Waals surface area contributed by atoms with Crippen molar-refractivity contribution in [2.45, 2.75) is 19.9 Å². The van der Waals surface area contributed by atoms with Gasteiger partial charge in [-0.3, -0.25) is 4.79 Å². The number of amides is 2. The van der Waals surface area contributed by atoms with E-state index < -0.39 is 29.8 Å². The van der Waals surface area contributed by atoms with Crippen LogP contribution >= 0.6 is 0 Å². The van der Waals surface area contributed by atoms with E-state index in [4.69, 9.17) is 9.84 Å². The lowest BCUT2D eigenvalue weighted by molar-refractivity contribution is -0.141. The summed E-state index contributed by atoms with van der Waals surface area (Å²) in [5.74, 6) is -2.00. The molecule has 0 saturated heterocycles. The Bertz CT molecular complexity index is 550. The third-order valence-electron chi connectivity index (χ3n) is 3.33. The number of rotatable bonds is 6. The zero-order chi connectivity index (χ0) is 16.9. The molecule has 22 heavy (non-hydrogen) atoms. The molecule has 0 aliphatic carbocycles. The smallest absolute Gasteiger partial charge is 0.317 e. The number of carboxylic acid groups (broad SMARTS) is 1. The molecule has 6 nitrogen and oxygen atoms in total. The van der Waals surface area contributed by atoms with Gasteiger partial charge in [0.15, 0.2) is 11.6 Å². The summed E-state index contributed by atoms with van der Waals surface area (Å²) in [5, 5.41) is 11.5. The average Bonchev–Trinajstić information content (AvgIpc) is 2.46. The predicted molar refractivity (Wildman–Crippen MR) is 79.3 cm³/mol. The van der Waals surface area contributed by atoms with Crippen LogP contribution in [0.1, 0.15) is 25.5 Å². The van der Waals surface area contributed by atoms with Crippen molar-refractivity contribution in [3.63, 3.8) is 0 Å². The predicted octanol–water partition coefficient (Wildman–Crippen LogP) is 2.26. The normalized spacial score (nSPS) is 13.1. The summed E-state index contributed by atoms with van der Waals surface area (Å²) in [6.07, 6.45) is 0. The molecule has 0 spiro atoms. The molecule has 7 heteroatoms. The lowest BCUT2D eigenvalue weighted by Crippen LogP contribution is -2.41. The summed E-state index contributed by atoms with van der Waals surface area (Å²) in [4.78, 5) is 24.1. The Hall–Kier alpha value is -2.31. The molecule has 0 aromatic heterocycles. The first kappa shape index (κ1) is 17.7. The molecule has 0 fully saturated rings. The molecule has 1 aromatic carbocycles. The fraction of sp³-hybridized carbons (Fsp3) is 0.467. The molecule has 2 N–H and O–H groups in total. The molecule has 0 aliphatic rings. The zero-order valence-electron chi connectivity index (χ0n) is 13.1. The number of nitrogens with zero attached hydrogens (tertiary/aromatic N) is 1. The van der Waals surface area contributed by atoms with Crippen LogP contribution in [0.4, 0.5) is 9.18 Å². The fourth-order valence-electron chi connectivity index (χ4n) is 1.90. The van der Waals surface area contributed by atoms with Crippen LogP contribution < -0.4 is 10.1 Å². The van der Waals surface area contributed by atoms with Gasteiger partial charge in [0.25, 0.3) is 0 Å². The molecule has 0 radical (unpaired) electrons. The maximum Gasteiger partial charge on any atom is 0.317 e. The van der Waals surface area contributed by atoms with Gasteiger partial charge in [-0.1, -0.05) is 13.0 Å². The van der Waals surface area contributed by atoms with Gasteiger partial charge in [-0.25, -0.2) is 9.18 Å². The van der Waals surface area contributed by atoms with Crippen LogP contribution in [-0.4, -0.2) is 42.7 Å². The van der Waals surface area contributed by atoms with Crippen molar-refractivity contribution in [1.82, 2.24) is 10.2 Å². The number of halogens is 1. The van der Waals surface area contributed by atoms with Crippen molar-refractivity contribution >= 4 is 12.0 Å². The highest BCUT2D eigenvalue weighted by Crippen LogP contribution is 2.21. The number of methoxy groups -OCH3 is 1. The van der Waals surface area contributed by atoms with E-state index in [1.165, 1.54) is 38.1 Å². The number of benzene rings is 1. The number of carboxylic acids is 1. The summed E-state index contributed by atoms with van der Waals surface area (Å²) in [6.45, 7) is 3.33. The minimum absolute atomic E-state index is 0.0882. The van der Waals surface area contributed by atoms with Crippen molar-refractivity contribution in [3.8, 4) is 5.75 Å². The molecule has 0 bridgehead atoms. The Labute approximate surface area is 128 Å². The number of urea groups is 1. The monoisotopic (exact) mass is 312 g/mol. The minimum Gasteiger partial charge on any atom is -0.494 e. The number of aliphatic carboxylic acids is 1. The molecule has 2 unspecified atom stereocenters. The van der Waals surface area contributed by atoms with Crippen molar-refractivity contribution in [1.29, 1.82) is 0 Å². The molecule has 1 aromatic rings. The van der Waals surface area contributed by atoms with Gasteiger partial charge in [-0.15, -0.1) is 0 Å². The maximum atomic E-state index is 13.7. The zero-order valence-corrected chi connectivity index (χ0v) is 13.1. The van der Waals surface area contributed by atoms with Crippen LogP contribution in [0.15, 0.2) is 18.2 Å². The van der Waals surface area contributed by atoms with Gasteiger partial charge in [0.2, 0.25) is 0 Å². The Balaban J connectivity index is 2.67. The second-order valence-corrected chi connectivity index (χ2v) is 5.18. The van der Waals surface area contributed by atoms with Gasteiger partial charge in [0.1, 0.15) is 0 Å². The van der Waals surface area contributed by atoms with Crippen LogP contribution in [0.2, 0.25) is 0 Å². The largest absolute Gasteiger partial charge is 0.494 e. The molecular formula is C15H21FN2O4. The first-order valence-corrected chi connectivity index (χ1v) is 6.84. The SMILES string of the molecule is COc1ccc(C(C)NC(=O)N(C)CC(C)C(=O)O)cc1F. The number of ether oxygens (including phenoxy) is 1. The number of nitrogens with one attached hydrogen (secondary N) is 1. The van der Waals surface area contributed by atoms with Crippen LogP contribution in [0.5, 0.6) is 5.75 Å². The lowest BCUT2D eigenvalue weighted by Gasteiger charge is -2.23. The summed E-state index contributed by atoms with van der Waals surface area (Å²) in [5.41, 5.74) is 0.589. The molecule has 1 rings (SSSR count). The topological polar surface area (TPSA) is 78.9 Å². The van der Waals surface area contributed by atoms with E-state index in [0.29, 0.717) is 5.56 Å². The van der Waals surface area contributed by atoms with Crippen molar-refractivity contribution < 1.29 is 23.8 Å². The highest BCUT2D eigenvalue weighted by atomic mass is 19.1. The third kappa shape index (κ3) is 4.61. The van der Waals surface area contributed by atoms with E-state index >= 15 is 0 Å². The quantitative estimate of drug-likeness (QED) is 0.844. The summed E-state index contributed by atoms with van der Waals surface area (Å²) < 4.78 is 18.5. The maximum absolute atomic E-state index is 13.7. The Morgan fingerprint density at radius 1 is 1.41 bits per heavy atom. The molecule has 2 atom stereocenters. The fourth-order valence-corrected chi connectivity index (χ4v) is 1.90. The van der Waals surface area contributed by atoms with Crippen LogP contribution in [0.25, 0.3) is 0 Å². The molecule has 0 aliphatic heterocycles. The highest BCUT2D eigenvalue weighted by Gasteiger charge is 2.19. The van der Waals surface area contributed by atoms with Crippen molar-refractivity contribution in [3.05, 3.63) is 29.6 Å².